The summed E-state index contributed by atoms with van der Waals surface area (Å²) in [6, 6.07) is 10.8. The van der Waals surface area contributed by atoms with E-state index in [-0.39, 0.29) is 17.9 Å². The van der Waals surface area contributed by atoms with Crippen LogP contribution in [0.5, 0.6) is 11.5 Å². The van der Waals surface area contributed by atoms with Crippen LogP contribution in [0.3, 0.4) is 0 Å². The quantitative estimate of drug-likeness (QED) is 0.390. The van der Waals surface area contributed by atoms with Crippen LogP contribution >= 0.6 is 0 Å². The van der Waals surface area contributed by atoms with E-state index in [2.05, 4.69) is 0 Å². The lowest BCUT2D eigenvalue weighted by atomic mass is 9.99. The van der Waals surface area contributed by atoms with E-state index in [9.17, 15) is 14.7 Å². The van der Waals surface area contributed by atoms with E-state index >= 15 is 0 Å². The van der Waals surface area contributed by atoms with Crippen molar-refractivity contribution in [1.29, 1.82) is 0 Å². The van der Waals surface area contributed by atoms with Crippen molar-refractivity contribution < 1.29 is 33.0 Å². The topological polar surface area (TPSA) is 102 Å². The second-order valence-electron chi connectivity index (χ2n) is 7.31. The first-order valence-electron chi connectivity index (χ1n) is 9.80. The van der Waals surface area contributed by atoms with Gasteiger partial charge in [-0.2, -0.15) is 0 Å². The van der Waals surface area contributed by atoms with Crippen molar-refractivity contribution in [3.63, 3.8) is 0 Å². The number of aliphatic hydroxyl groups is 1. The maximum absolute atomic E-state index is 13.0. The molecule has 1 amide bonds. The monoisotopic (exact) mass is 421 g/mol. The molecule has 1 atom stereocenters. The Balaban J connectivity index is 1.62. The highest BCUT2D eigenvalue weighted by atomic mass is 16.6. The third-order valence-corrected chi connectivity index (χ3v) is 5.29. The van der Waals surface area contributed by atoms with Crippen LogP contribution in [0, 0.1) is 6.92 Å². The summed E-state index contributed by atoms with van der Waals surface area (Å²) in [5.74, 6) is 0.684. The average molecular weight is 421 g/mol. The van der Waals surface area contributed by atoms with Gasteiger partial charge < -0.3 is 28.3 Å². The number of carbonyl (C=O) groups excluding carboxylic acids is 2. The third-order valence-electron chi connectivity index (χ3n) is 5.29. The van der Waals surface area contributed by atoms with Gasteiger partial charge in [-0.05, 0) is 49.4 Å². The summed E-state index contributed by atoms with van der Waals surface area (Å²) in [7, 11) is 0. The predicted molar refractivity (Wildman–Crippen MR) is 107 cm³/mol. The number of likely N-dealkylation sites (tertiary alicyclic amines) is 1. The van der Waals surface area contributed by atoms with Gasteiger partial charge in [0.05, 0.1) is 18.4 Å². The molecule has 3 aromatic rings. The van der Waals surface area contributed by atoms with Gasteiger partial charge in [0.1, 0.15) is 42.3 Å². The Kier molecular flexibility index (Phi) is 4.54. The summed E-state index contributed by atoms with van der Waals surface area (Å²) < 4.78 is 22.2. The Morgan fingerprint density at radius 3 is 2.61 bits per heavy atom. The van der Waals surface area contributed by atoms with E-state index in [1.165, 1.54) is 11.2 Å². The standard InChI is InChI=1S/C23H19NO7/c1-13-4-6-17(31-13)20-19(22(26)23(27)24(20)12-15-3-2-8-28-15)21(25)14-5-7-16-18(11-14)30-10-9-29-16/h2-8,11,20,25H,9-10,12H2,1H3/t20-/m0/s1. The highest BCUT2D eigenvalue weighted by Gasteiger charge is 2.48. The molecule has 0 spiro atoms. The number of nitrogens with zero attached hydrogens (tertiary/aromatic N) is 1. The van der Waals surface area contributed by atoms with Gasteiger partial charge in [-0.3, -0.25) is 9.59 Å². The Morgan fingerprint density at radius 2 is 1.90 bits per heavy atom. The van der Waals surface area contributed by atoms with Crippen molar-refractivity contribution in [3.8, 4) is 11.5 Å². The van der Waals surface area contributed by atoms with Gasteiger partial charge in [-0.25, -0.2) is 0 Å². The molecule has 5 rings (SSSR count). The van der Waals surface area contributed by atoms with Crippen LogP contribution in [0.2, 0.25) is 0 Å². The predicted octanol–water partition coefficient (Wildman–Crippen LogP) is 3.57. The molecule has 31 heavy (non-hydrogen) atoms. The highest BCUT2D eigenvalue weighted by Crippen LogP contribution is 2.42. The summed E-state index contributed by atoms with van der Waals surface area (Å²) in [5, 5.41) is 11.1. The van der Waals surface area contributed by atoms with Crippen molar-refractivity contribution >= 4 is 17.4 Å². The zero-order valence-corrected chi connectivity index (χ0v) is 16.7. The molecular weight excluding hydrogens is 402 g/mol. The molecule has 158 valence electrons. The largest absolute Gasteiger partial charge is 0.507 e. The number of hydrogen-bond acceptors (Lipinski definition) is 7. The van der Waals surface area contributed by atoms with Crippen molar-refractivity contribution in [3.05, 3.63) is 77.1 Å². The third kappa shape index (κ3) is 3.26. The number of ketones is 1. The summed E-state index contributed by atoms with van der Waals surface area (Å²) in [6.07, 6.45) is 1.49. The molecule has 0 unspecified atom stereocenters. The van der Waals surface area contributed by atoms with Crippen molar-refractivity contribution in [2.45, 2.75) is 19.5 Å². The number of aliphatic hydroxyl groups excluding tert-OH is 1. The van der Waals surface area contributed by atoms with Crippen LogP contribution in [0.15, 0.2) is 63.1 Å². The molecule has 0 saturated carbocycles. The summed E-state index contributed by atoms with van der Waals surface area (Å²) in [4.78, 5) is 27.2. The lowest BCUT2D eigenvalue weighted by molar-refractivity contribution is -0.140. The van der Waals surface area contributed by atoms with Crippen LogP contribution in [0.1, 0.15) is 28.9 Å². The van der Waals surface area contributed by atoms with Crippen molar-refractivity contribution in [2.24, 2.45) is 0 Å². The molecule has 0 bridgehead atoms. The minimum absolute atomic E-state index is 0.0532. The van der Waals surface area contributed by atoms with E-state index in [0.717, 1.165) is 0 Å². The molecule has 4 heterocycles. The van der Waals surface area contributed by atoms with Crippen LogP contribution in [0.4, 0.5) is 0 Å². The number of benzene rings is 1. The fraction of sp³-hybridized carbons (Fsp3) is 0.217. The Morgan fingerprint density at radius 1 is 1.10 bits per heavy atom. The summed E-state index contributed by atoms with van der Waals surface area (Å²) in [6.45, 7) is 2.65. The molecule has 1 N–H and O–H groups in total. The van der Waals surface area contributed by atoms with Gasteiger partial charge in [-0.1, -0.05) is 0 Å². The van der Waals surface area contributed by atoms with Crippen LogP contribution in [0.25, 0.3) is 5.76 Å². The maximum atomic E-state index is 13.0. The molecule has 1 fully saturated rings. The number of ether oxygens (including phenoxy) is 2. The number of carbonyl (C=O) groups is 2. The van der Waals surface area contributed by atoms with E-state index < -0.39 is 17.7 Å². The minimum Gasteiger partial charge on any atom is -0.507 e. The number of Topliss-reactive ketones (excluding diaryl/α,β-unsaturated/α-hetero) is 1. The van der Waals surface area contributed by atoms with Gasteiger partial charge in [0.25, 0.3) is 11.7 Å². The molecular formula is C23H19NO7. The Hall–Kier alpha value is -3.94. The number of amides is 1. The summed E-state index contributed by atoms with van der Waals surface area (Å²) in [5.41, 5.74) is 0.288. The van der Waals surface area contributed by atoms with Crippen LogP contribution in [-0.2, 0) is 16.1 Å². The first-order valence-corrected chi connectivity index (χ1v) is 9.80. The number of aryl methyl sites for hydroxylation is 1. The molecule has 8 nitrogen and oxygen atoms in total. The van der Waals surface area contributed by atoms with Gasteiger partial charge in [0.2, 0.25) is 0 Å². The zero-order valence-electron chi connectivity index (χ0n) is 16.7. The smallest absolute Gasteiger partial charge is 0.296 e. The molecule has 0 aliphatic carbocycles. The van der Waals surface area contributed by atoms with Crippen molar-refractivity contribution in [1.82, 2.24) is 4.90 Å². The zero-order chi connectivity index (χ0) is 21.5. The molecule has 2 aliphatic heterocycles. The fourth-order valence-electron chi connectivity index (χ4n) is 3.86. The van der Waals surface area contributed by atoms with E-state index in [4.69, 9.17) is 18.3 Å². The van der Waals surface area contributed by atoms with Gasteiger partial charge in [0.15, 0.2) is 11.5 Å². The highest BCUT2D eigenvalue weighted by molar-refractivity contribution is 6.46. The Labute approximate surface area is 177 Å². The number of furan rings is 2. The molecule has 1 aromatic carbocycles. The fourth-order valence-corrected chi connectivity index (χ4v) is 3.86. The van der Waals surface area contributed by atoms with Crippen molar-refractivity contribution in [2.75, 3.05) is 13.2 Å². The average Bonchev–Trinajstić information content (AvgIpc) is 3.50. The second kappa shape index (κ2) is 7.39. The normalized spacial score (nSPS) is 19.8. The lowest BCUT2D eigenvalue weighted by Crippen LogP contribution is -2.28. The first-order chi connectivity index (χ1) is 15.0. The van der Waals surface area contributed by atoms with Crippen LogP contribution < -0.4 is 9.47 Å². The molecule has 2 aromatic heterocycles. The lowest BCUT2D eigenvalue weighted by Gasteiger charge is -2.22. The summed E-state index contributed by atoms with van der Waals surface area (Å²) >= 11 is 0. The molecule has 0 radical (unpaired) electrons. The van der Waals surface area contributed by atoms with E-state index in [0.29, 0.717) is 47.6 Å². The van der Waals surface area contributed by atoms with Gasteiger partial charge in [0, 0.05) is 5.56 Å². The Bertz CT molecular complexity index is 1190. The SMILES string of the molecule is Cc1ccc([C@H]2C(=C(O)c3ccc4c(c3)OCCO4)C(=O)C(=O)N2Cc2ccco2)o1. The second-order valence-corrected chi connectivity index (χ2v) is 7.31. The minimum atomic E-state index is -0.896. The first kappa shape index (κ1) is 19.0. The maximum Gasteiger partial charge on any atom is 0.296 e. The number of hydrogen-bond donors (Lipinski definition) is 1. The van der Waals surface area contributed by atoms with E-state index in [1.54, 1.807) is 49.4 Å². The van der Waals surface area contributed by atoms with Gasteiger partial charge in [-0.15, -0.1) is 0 Å². The van der Waals surface area contributed by atoms with E-state index in [1.807, 2.05) is 0 Å². The number of fused-ring (bicyclic) bond motifs is 1. The number of rotatable bonds is 4. The molecule has 2 aliphatic rings. The molecule has 1 saturated heterocycles. The molecule has 8 heteroatoms. The van der Waals surface area contributed by atoms with Gasteiger partial charge >= 0.3 is 0 Å². The van der Waals surface area contributed by atoms with Crippen LogP contribution in [-0.4, -0.2) is 34.9 Å².